The highest BCUT2D eigenvalue weighted by Crippen LogP contribution is 2.28. The van der Waals surface area contributed by atoms with Gasteiger partial charge in [-0.2, -0.15) is 0 Å². The maximum atomic E-state index is 5.57. The highest BCUT2D eigenvalue weighted by atomic mass is 16.5. The molecule has 0 amide bonds. The predicted octanol–water partition coefficient (Wildman–Crippen LogP) is 2.68. The smallest absolute Gasteiger partial charge is 0.170 e. The van der Waals surface area contributed by atoms with Gasteiger partial charge in [0.25, 0.3) is 0 Å². The van der Waals surface area contributed by atoms with E-state index in [9.17, 15) is 0 Å². The van der Waals surface area contributed by atoms with Gasteiger partial charge in [-0.05, 0) is 25.5 Å². The first kappa shape index (κ1) is 15.1. The number of hydrogen-bond acceptors (Lipinski definition) is 5. The van der Waals surface area contributed by atoms with E-state index in [4.69, 9.17) is 4.74 Å². The van der Waals surface area contributed by atoms with Gasteiger partial charge in [-0.15, -0.1) is 0 Å². The second kappa shape index (κ2) is 6.57. The molecule has 3 heterocycles. The summed E-state index contributed by atoms with van der Waals surface area (Å²) in [6, 6.07) is 10.1. The van der Waals surface area contributed by atoms with Gasteiger partial charge in [0.1, 0.15) is 12.7 Å². The number of anilines is 1. The quantitative estimate of drug-likeness (QED) is 0.722. The Balaban J connectivity index is 1.65. The molecule has 1 atom stereocenters. The lowest BCUT2D eigenvalue weighted by molar-refractivity contribution is 0.117. The lowest BCUT2D eigenvalue weighted by atomic mass is 10.1. The minimum absolute atomic E-state index is 0.561. The summed E-state index contributed by atoms with van der Waals surface area (Å²) in [7, 11) is 0. The number of aromatic nitrogens is 4. The van der Waals surface area contributed by atoms with Crippen molar-refractivity contribution in [3.05, 3.63) is 43.0 Å². The van der Waals surface area contributed by atoms with Crippen LogP contribution in [0.1, 0.15) is 13.3 Å². The van der Waals surface area contributed by atoms with Gasteiger partial charge in [0, 0.05) is 31.3 Å². The minimum Gasteiger partial charge on any atom is -0.381 e. The molecule has 1 aliphatic rings. The first-order chi connectivity index (χ1) is 11.9. The van der Waals surface area contributed by atoms with Crippen molar-refractivity contribution in [2.24, 2.45) is 5.92 Å². The Morgan fingerprint density at radius 2 is 2.04 bits per heavy atom. The van der Waals surface area contributed by atoms with Crippen LogP contribution in [-0.2, 0) is 4.74 Å². The SMILES string of the molecule is CCOCC1CCN(c2ncnc3c2ncn3-c2ccccc2)C1. The number of ether oxygens (including phenoxy) is 1. The molecule has 2 aromatic heterocycles. The Labute approximate surface area is 141 Å². The highest BCUT2D eigenvalue weighted by molar-refractivity contribution is 5.84. The molecule has 0 aliphatic carbocycles. The lowest BCUT2D eigenvalue weighted by Gasteiger charge is -2.17. The van der Waals surface area contributed by atoms with Crippen molar-refractivity contribution < 1.29 is 4.74 Å². The molecule has 0 bridgehead atoms. The van der Waals surface area contributed by atoms with Crippen molar-refractivity contribution in [2.45, 2.75) is 13.3 Å². The molecule has 1 fully saturated rings. The highest BCUT2D eigenvalue weighted by Gasteiger charge is 2.26. The molecule has 0 saturated carbocycles. The Morgan fingerprint density at radius 3 is 2.88 bits per heavy atom. The molecule has 6 heteroatoms. The maximum absolute atomic E-state index is 5.57. The molecule has 0 N–H and O–H groups in total. The van der Waals surface area contributed by atoms with Gasteiger partial charge in [0.05, 0.1) is 6.61 Å². The number of rotatable bonds is 5. The molecule has 0 spiro atoms. The molecule has 1 saturated heterocycles. The van der Waals surface area contributed by atoms with Crippen molar-refractivity contribution in [2.75, 3.05) is 31.2 Å². The van der Waals surface area contributed by atoms with E-state index in [1.165, 1.54) is 0 Å². The number of fused-ring (bicyclic) bond motifs is 1. The first-order valence-electron chi connectivity index (χ1n) is 8.43. The predicted molar refractivity (Wildman–Crippen MR) is 93.5 cm³/mol. The van der Waals surface area contributed by atoms with Crippen molar-refractivity contribution in [1.82, 2.24) is 19.5 Å². The molecule has 0 radical (unpaired) electrons. The van der Waals surface area contributed by atoms with Gasteiger partial charge < -0.3 is 9.64 Å². The maximum Gasteiger partial charge on any atom is 0.170 e. The molecular weight excluding hydrogens is 302 g/mol. The first-order valence-corrected chi connectivity index (χ1v) is 8.43. The van der Waals surface area contributed by atoms with Gasteiger partial charge in [0.15, 0.2) is 17.0 Å². The molecule has 3 aromatic rings. The van der Waals surface area contributed by atoms with Gasteiger partial charge in [-0.3, -0.25) is 4.57 Å². The molecule has 4 rings (SSSR count). The Hall–Kier alpha value is -2.47. The molecule has 1 aliphatic heterocycles. The van der Waals surface area contributed by atoms with Crippen molar-refractivity contribution in [3.63, 3.8) is 0 Å². The van der Waals surface area contributed by atoms with E-state index in [-0.39, 0.29) is 0 Å². The zero-order valence-corrected chi connectivity index (χ0v) is 13.8. The Morgan fingerprint density at radius 1 is 1.17 bits per heavy atom. The number of hydrogen-bond donors (Lipinski definition) is 0. The molecule has 24 heavy (non-hydrogen) atoms. The molecule has 6 nitrogen and oxygen atoms in total. The number of benzene rings is 1. The zero-order chi connectivity index (χ0) is 16.4. The van der Waals surface area contributed by atoms with Crippen LogP contribution < -0.4 is 4.90 Å². The summed E-state index contributed by atoms with van der Waals surface area (Å²) < 4.78 is 7.58. The van der Waals surface area contributed by atoms with Crippen LogP contribution in [0.4, 0.5) is 5.82 Å². The van der Waals surface area contributed by atoms with Crippen LogP contribution in [0.25, 0.3) is 16.9 Å². The minimum atomic E-state index is 0.561. The van der Waals surface area contributed by atoms with Gasteiger partial charge in [0.2, 0.25) is 0 Å². The topological polar surface area (TPSA) is 56.1 Å². The number of nitrogens with zero attached hydrogens (tertiary/aromatic N) is 5. The van der Waals surface area contributed by atoms with Crippen LogP contribution in [0.5, 0.6) is 0 Å². The summed E-state index contributed by atoms with van der Waals surface area (Å²) in [6.07, 6.45) is 4.59. The van der Waals surface area contributed by atoms with Crippen molar-refractivity contribution >= 4 is 17.0 Å². The van der Waals surface area contributed by atoms with E-state index in [2.05, 4.69) is 32.0 Å². The van der Waals surface area contributed by atoms with Crippen molar-refractivity contribution in [3.8, 4) is 5.69 Å². The molecule has 1 aromatic carbocycles. The number of imidazole rings is 1. The van der Waals surface area contributed by atoms with E-state index in [0.717, 1.165) is 55.4 Å². The average Bonchev–Trinajstić information content (AvgIpc) is 3.27. The van der Waals surface area contributed by atoms with E-state index < -0.39 is 0 Å². The molecular formula is C18H21N5O. The fourth-order valence-electron chi connectivity index (χ4n) is 3.28. The van der Waals surface area contributed by atoms with Crippen LogP contribution in [-0.4, -0.2) is 45.8 Å². The monoisotopic (exact) mass is 323 g/mol. The van der Waals surface area contributed by atoms with Crippen LogP contribution in [0.3, 0.4) is 0 Å². The summed E-state index contributed by atoms with van der Waals surface area (Å²) in [4.78, 5) is 15.9. The largest absolute Gasteiger partial charge is 0.381 e. The van der Waals surface area contributed by atoms with E-state index in [1.807, 2.05) is 36.0 Å². The lowest BCUT2D eigenvalue weighted by Crippen LogP contribution is -2.22. The van der Waals surface area contributed by atoms with Gasteiger partial charge in [-0.25, -0.2) is 15.0 Å². The fourth-order valence-corrected chi connectivity index (χ4v) is 3.28. The third kappa shape index (κ3) is 2.73. The van der Waals surface area contributed by atoms with Crippen molar-refractivity contribution in [1.29, 1.82) is 0 Å². The van der Waals surface area contributed by atoms with Gasteiger partial charge in [-0.1, -0.05) is 18.2 Å². The second-order valence-electron chi connectivity index (χ2n) is 6.08. The summed E-state index contributed by atoms with van der Waals surface area (Å²) >= 11 is 0. The Kier molecular flexibility index (Phi) is 4.13. The fraction of sp³-hybridized carbons (Fsp3) is 0.389. The molecule has 1 unspecified atom stereocenters. The summed E-state index contributed by atoms with van der Waals surface area (Å²) in [5.74, 6) is 1.49. The van der Waals surface area contributed by atoms with Gasteiger partial charge >= 0.3 is 0 Å². The van der Waals surface area contributed by atoms with E-state index >= 15 is 0 Å². The standard InChI is InChI=1S/C18H21N5O/c1-2-24-11-14-8-9-22(10-14)17-16-18(20-12-19-17)23(13-21-16)15-6-4-3-5-7-15/h3-7,12-14H,2,8-11H2,1H3. The van der Waals surface area contributed by atoms with Crippen LogP contribution >= 0.6 is 0 Å². The third-order valence-electron chi connectivity index (χ3n) is 4.49. The average molecular weight is 323 g/mol. The van der Waals surface area contributed by atoms with Crippen LogP contribution in [0.2, 0.25) is 0 Å². The summed E-state index contributed by atoms with van der Waals surface area (Å²) in [6.45, 7) is 5.58. The molecule has 124 valence electrons. The summed E-state index contributed by atoms with van der Waals surface area (Å²) in [5, 5.41) is 0. The Bertz CT molecular complexity index is 817. The van der Waals surface area contributed by atoms with E-state index in [1.54, 1.807) is 6.33 Å². The normalized spacial score (nSPS) is 17.7. The van der Waals surface area contributed by atoms with Crippen LogP contribution in [0, 0.1) is 5.92 Å². The summed E-state index contributed by atoms with van der Waals surface area (Å²) in [5.41, 5.74) is 2.76. The van der Waals surface area contributed by atoms with Crippen LogP contribution in [0.15, 0.2) is 43.0 Å². The zero-order valence-electron chi connectivity index (χ0n) is 13.8. The second-order valence-corrected chi connectivity index (χ2v) is 6.08. The third-order valence-corrected chi connectivity index (χ3v) is 4.49. The van der Waals surface area contributed by atoms with E-state index in [0.29, 0.717) is 5.92 Å². The number of para-hydroxylation sites is 1.